The monoisotopic (exact) mass is 246 g/mol. The number of hydrogen-bond donors (Lipinski definition) is 0. The molecule has 1 aliphatic carbocycles. The zero-order valence-corrected chi connectivity index (χ0v) is 10.8. The summed E-state index contributed by atoms with van der Waals surface area (Å²) in [5.74, 6) is 1.56. The van der Waals surface area contributed by atoms with Gasteiger partial charge in [0.2, 0.25) is 0 Å². The van der Waals surface area contributed by atoms with E-state index in [0.717, 1.165) is 25.0 Å². The second kappa shape index (κ2) is 6.65. The Morgan fingerprint density at radius 3 is 2.65 bits per heavy atom. The number of thioether (sulfide) groups is 1. The lowest BCUT2D eigenvalue weighted by Gasteiger charge is -2.11. The molecule has 0 fully saturated rings. The van der Waals surface area contributed by atoms with Crippen LogP contribution in [0.1, 0.15) is 32.1 Å². The van der Waals surface area contributed by atoms with E-state index < -0.39 is 0 Å². The van der Waals surface area contributed by atoms with Crippen molar-refractivity contribution in [2.75, 3.05) is 5.75 Å². The topological polar surface area (TPSA) is 17.1 Å². The van der Waals surface area contributed by atoms with Crippen molar-refractivity contribution in [1.29, 1.82) is 0 Å². The molecular formula is C15H18OS. The predicted molar refractivity (Wildman–Crippen MR) is 73.3 cm³/mol. The van der Waals surface area contributed by atoms with E-state index in [2.05, 4.69) is 30.3 Å². The molecule has 2 rings (SSSR count). The second-order valence-electron chi connectivity index (χ2n) is 4.37. The highest BCUT2D eigenvalue weighted by Crippen LogP contribution is 2.23. The van der Waals surface area contributed by atoms with E-state index in [9.17, 15) is 4.79 Å². The summed E-state index contributed by atoms with van der Waals surface area (Å²) < 4.78 is 0. The Balaban J connectivity index is 1.65. The van der Waals surface area contributed by atoms with Crippen LogP contribution in [-0.2, 0) is 4.79 Å². The molecule has 0 heterocycles. The molecule has 0 saturated carbocycles. The number of Topliss-reactive ketones (excluding diaryl/α,β-unsaturated/α-hetero) is 1. The third-order valence-electron chi connectivity index (χ3n) is 3.00. The first-order valence-corrected chi connectivity index (χ1v) is 7.20. The summed E-state index contributed by atoms with van der Waals surface area (Å²) in [5.41, 5.74) is 1.48. The fraction of sp³-hybridized carbons (Fsp3) is 0.400. The number of carbonyl (C=O) groups is 1. The van der Waals surface area contributed by atoms with Gasteiger partial charge in [0.15, 0.2) is 0 Å². The highest BCUT2D eigenvalue weighted by Gasteiger charge is 2.09. The molecule has 0 bridgehead atoms. The average Bonchev–Trinajstić information content (AvgIpc) is 2.38. The lowest BCUT2D eigenvalue weighted by molar-refractivity contribution is -0.118. The molecule has 0 saturated heterocycles. The van der Waals surface area contributed by atoms with Crippen molar-refractivity contribution >= 4 is 17.5 Å². The molecule has 2 heteroatoms. The maximum atomic E-state index is 11.1. The Bertz CT molecular complexity index is 395. The van der Waals surface area contributed by atoms with Gasteiger partial charge in [0, 0.05) is 17.7 Å². The first-order chi connectivity index (χ1) is 8.34. The van der Waals surface area contributed by atoms with Crippen LogP contribution in [0.3, 0.4) is 0 Å². The summed E-state index contributed by atoms with van der Waals surface area (Å²) in [6.45, 7) is 0. The Kier molecular flexibility index (Phi) is 4.87. The minimum Gasteiger partial charge on any atom is -0.299 e. The van der Waals surface area contributed by atoms with E-state index in [1.165, 1.54) is 16.9 Å². The highest BCUT2D eigenvalue weighted by atomic mass is 32.2. The minimum atomic E-state index is 0.396. The molecule has 90 valence electrons. The summed E-state index contributed by atoms with van der Waals surface area (Å²) >= 11 is 1.92. The molecule has 1 aromatic carbocycles. The van der Waals surface area contributed by atoms with Crippen molar-refractivity contribution < 1.29 is 4.79 Å². The molecule has 0 N–H and O–H groups in total. The molecule has 1 aromatic rings. The van der Waals surface area contributed by atoms with Crippen molar-refractivity contribution in [3.05, 3.63) is 42.0 Å². The van der Waals surface area contributed by atoms with Gasteiger partial charge in [0.05, 0.1) is 0 Å². The van der Waals surface area contributed by atoms with Gasteiger partial charge in [-0.3, -0.25) is 4.79 Å². The van der Waals surface area contributed by atoms with Crippen LogP contribution in [0.15, 0.2) is 46.9 Å². The summed E-state index contributed by atoms with van der Waals surface area (Å²) in [6, 6.07) is 10.5. The smallest absolute Gasteiger partial charge is 0.136 e. The summed E-state index contributed by atoms with van der Waals surface area (Å²) in [7, 11) is 0. The first-order valence-electron chi connectivity index (χ1n) is 6.22. The molecule has 1 nitrogen and oxygen atoms in total. The number of rotatable bonds is 5. The van der Waals surface area contributed by atoms with Gasteiger partial charge >= 0.3 is 0 Å². The lowest BCUT2D eigenvalue weighted by Crippen LogP contribution is -2.03. The van der Waals surface area contributed by atoms with Crippen LogP contribution >= 0.6 is 11.8 Å². The lowest BCUT2D eigenvalue weighted by atomic mass is 9.95. The van der Waals surface area contributed by atoms with Crippen LogP contribution in [0.4, 0.5) is 0 Å². The third-order valence-corrected chi connectivity index (χ3v) is 4.10. The molecular weight excluding hydrogens is 228 g/mol. The zero-order chi connectivity index (χ0) is 11.9. The normalized spacial score (nSPS) is 15.8. The molecule has 0 unspecified atom stereocenters. The van der Waals surface area contributed by atoms with Gasteiger partial charge in [-0.15, -0.1) is 11.8 Å². The van der Waals surface area contributed by atoms with Crippen molar-refractivity contribution in [3.63, 3.8) is 0 Å². The Hall–Kier alpha value is -1.02. The highest BCUT2D eigenvalue weighted by molar-refractivity contribution is 7.99. The van der Waals surface area contributed by atoms with Crippen LogP contribution in [0, 0.1) is 0 Å². The van der Waals surface area contributed by atoms with Gasteiger partial charge in [-0.25, -0.2) is 0 Å². The van der Waals surface area contributed by atoms with Crippen LogP contribution in [0.5, 0.6) is 0 Å². The number of benzene rings is 1. The summed E-state index contributed by atoms with van der Waals surface area (Å²) in [4.78, 5) is 12.4. The van der Waals surface area contributed by atoms with Gasteiger partial charge in [-0.05, 0) is 37.1 Å². The minimum absolute atomic E-state index is 0.396. The van der Waals surface area contributed by atoms with Crippen molar-refractivity contribution in [2.24, 2.45) is 0 Å². The quantitative estimate of drug-likeness (QED) is 0.439. The molecule has 17 heavy (non-hydrogen) atoms. The SMILES string of the molecule is O=C1CC=C(CCCSc2ccccc2)CC1. The molecule has 0 radical (unpaired) electrons. The van der Waals surface area contributed by atoms with Gasteiger partial charge in [-0.1, -0.05) is 29.8 Å². The summed E-state index contributed by atoms with van der Waals surface area (Å²) in [6.07, 6.45) is 6.93. The standard InChI is InChI=1S/C15H18OS/c16-14-10-8-13(9-11-14)5-4-12-17-15-6-2-1-3-7-15/h1-3,6-8H,4-5,9-12H2. The molecule has 1 aliphatic rings. The van der Waals surface area contributed by atoms with Crippen LogP contribution in [-0.4, -0.2) is 11.5 Å². The van der Waals surface area contributed by atoms with Gasteiger partial charge in [0.25, 0.3) is 0 Å². The van der Waals surface area contributed by atoms with Crippen LogP contribution in [0.2, 0.25) is 0 Å². The predicted octanol–water partition coefficient (Wildman–Crippen LogP) is 4.24. The maximum absolute atomic E-state index is 11.1. The third kappa shape index (κ3) is 4.39. The second-order valence-corrected chi connectivity index (χ2v) is 5.54. The molecule has 0 aliphatic heterocycles. The van der Waals surface area contributed by atoms with Gasteiger partial charge < -0.3 is 0 Å². The number of ketones is 1. The average molecular weight is 246 g/mol. The van der Waals surface area contributed by atoms with Gasteiger partial charge in [-0.2, -0.15) is 0 Å². The Morgan fingerprint density at radius 1 is 1.12 bits per heavy atom. The van der Waals surface area contributed by atoms with Crippen LogP contribution < -0.4 is 0 Å². The number of carbonyl (C=O) groups excluding carboxylic acids is 1. The van der Waals surface area contributed by atoms with Crippen LogP contribution in [0.25, 0.3) is 0 Å². The first kappa shape index (κ1) is 12.4. The maximum Gasteiger partial charge on any atom is 0.136 e. The fourth-order valence-corrected chi connectivity index (χ4v) is 2.87. The molecule has 0 aromatic heterocycles. The van der Waals surface area contributed by atoms with Crippen molar-refractivity contribution in [1.82, 2.24) is 0 Å². The molecule has 0 atom stereocenters. The zero-order valence-electron chi connectivity index (χ0n) is 10.0. The van der Waals surface area contributed by atoms with E-state index in [-0.39, 0.29) is 0 Å². The van der Waals surface area contributed by atoms with Gasteiger partial charge in [0.1, 0.15) is 5.78 Å². The fourth-order valence-electron chi connectivity index (χ4n) is 2.00. The molecule has 0 amide bonds. The largest absolute Gasteiger partial charge is 0.299 e. The van der Waals surface area contributed by atoms with E-state index in [1.807, 2.05) is 17.8 Å². The van der Waals surface area contributed by atoms with Crippen molar-refractivity contribution in [3.8, 4) is 0 Å². The van der Waals surface area contributed by atoms with E-state index in [4.69, 9.17) is 0 Å². The Labute approximate surface area is 107 Å². The molecule has 0 spiro atoms. The van der Waals surface area contributed by atoms with E-state index in [0.29, 0.717) is 12.2 Å². The van der Waals surface area contributed by atoms with Crippen molar-refractivity contribution in [2.45, 2.75) is 37.0 Å². The number of allylic oxidation sites excluding steroid dienone is 2. The van der Waals surface area contributed by atoms with E-state index >= 15 is 0 Å². The Morgan fingerprint density at radius 2 is 1.94 bits per heavy atom. The van der Waals surface area contributed by atoms with E-state index in [1.54, 1.807) is 0 Å². The number of hydrogen-bond acceptors (Lipinski definition) is 2. The summed E-state index contributed by atoms with van der Waals surface area (Å²) in [5, 5.41) is 0.